The summed E-state index contributed by atoms with van der Waals surface area (Å²) in [4.78, 5) is 48.5. The molecule has 230 valence electrons. The fraction of sp³-hybridized carbons (Fsp3) is 0.345. The number of ether oxygens (including phenoxy) is 6. The van der Waals surface area contributed by atoms with Crippen LogP contribution in [0.25, 0.3) is 0 Å². The summed E-state index contributed by atoms with van der Waals surface area (Å²) in [5.41, 5.74) is 4.15. The Hall–Kier alpha value is -5.27. The van der Waals surface area contributed by atoms with Crippen molar-refractivity contribution in [3.8, 4) is 23.0 Å². The van der Waals surface area contributed by atoms with Gasteiger partial charge in [-0.05, 0) is 62.2 Å². The Bertz CT molecular complexity index is 1410. The Morgan fingerprint density at radius 3 is 2.35 bits per heavy atom. The third kappa shape index (κ3) is 8.86. The standard InChI is InChI=1S/C29H34N4O10/c1-6-40-23-12-18(8-10-21(23)43-16-25(35)39-5)14-30-33-24(34)15-42-20-11-9-19(13-22(20)38-4)27-26(28(36)41-7-2)17(3)31-29(37)32-27/h8-14,27H,6-7,15-16H2,1-5H3,(H,33,34)(H2,31,32,37)/b30-14-/t27-/m0/s1. The highest BCUT2D eigenvalue weighted by Gasteiger charge is 2.32. The third-order valence-corrected chi connectivity index (χ3v) is 5.89. The van der Waals surface area contributed by atoms with E-state index in [1.807, 2.05) is 0 Å². The SMILES string of the molecule is CCOC(=O)C1=C(C)NC(=O)N[C@H]1c1ccc(OCC(=O)N/N=C\c2ccc(OCC(=O)OC)c(OCC)c2)c(OC)c1. The van der Waals surface area contributed by atoms with Gasteiger partial charge in [-0.3, -0.25) is 4.79 Å². The molecule has 3 amide bonds. The summed E-state index contributed by atoms with van der Waals surface area (Å²) in [5.74, 6) is -0.354. The average molecular weight is 599 g/mol. The highest BCUT2D eigenvalue weighted by atomic mass is 16.6. The Balaban J connectivity index is 1.64. The number of rotatable bonds is 14. The first-order valence-electron chi connectivity index (χ1n) is 13.2. The molecular weight excluding hydrogens is 564 g/mol. The van der Waals surface area contributed by atoms with E-state index in [0.717, 1.165) is 0 Å². The van der Waals surface area contributed by atoms with Crippen molar-refractivity contribution in [1.29, 1.82) is 0 Å². The lowest BCUT2D eigenvalue weighted by Gasteiger charge is -2.28. The normalized spacial score (nSPS) is 14.3. The molecule has 0 radical (unpaired) electrons. The van der Waals surface area contributed by atoms with Crippen molar-refractivity contribution >= 4 is 30.1 Å². The number of nitrogens with one attached hydrogen (secondary N) is 3. The second kappa shape index (κ2) is 15.7. The van der Waals surface area contributed by atoms with Crippen LogP contribution < -0.4 is 35.0 Å². The summed E-state index contributed by atoms with van der Waals surface area (Å²) in [6.07, 6.45) is 1.41. The molecule has 2 aromatic carbocycles. The maximum absolute atomic E-state index is 12.6. The molecule has 0 fully saturated rings. The maximum atomic E-state index is 12.6. The van der Waals surface area contributed by atoms with Crippen LogP contribution in [0.5, 0.6) is 23.0 Å². The predicted molar refractivity (Wildman–Crippen MR) is 153 cm³/mol. The van der Waals surface area contributed by atoms with E-state index in [1.54, 1.807) is 57.2 Å². The van der Waals surface area contributed by atoms with E-state index in [2.05, 4.69) is 25.9 Å². The van der Waals surface area contributed by atoms with Crippen LogP contribution in [0.3, 0.4) is 0 Å². The molecule has 0 unspecified atom stereocenters. The number of amides is 3. The lowest BCUT2D eigenvalue weighted by molar-refractivity contribution is -0.143. The number of carbonyl (C=O) groups excluding carboxylic acids is 4. The number of hydrogen-bond acceptors (Lipinski definition) is 11. The second-order valence-electron chi connectivity index (χ2n) is 8.79. The molecule has 3 N–H and O–H groups in total. The molecule has 0 saturated carbocycles. The van der Waals surface area contributed by atoms with Gasteiger partial charge in [0.25, 0.3) is 5.91 Å². The monoisotopic (exact) mass is 598 g/mol. The van der Waals surface area contributed by atoms with Crippen LogP contribution in [-0.2, 0) is 23.9 Å². The van der Waals surface area contributed by atoms with E-state index in [1.165, 1.54) is 20.4 Å². The maximum Gasteiger partial charge on any atom is 0.343 e. The zero-order chi connectivity index (χ0) is 31.4. The van der Waals surface area contributed by atoms with Gasteiger partial charge in [-0.15, -0.1) is 0 Å². The van der Waals surface area contributed by atoms with Crippen molar-refractivity contribution < 1.29 is 47.6 Å². The molecule has 14 heteroatoms. The first-order chi connectivity index (χ1) is 20.7. The highest BCUT2D eigenvalue weighted by Crippen LogP contribution is 2.34. The van der Waals surface area contributed by atoms with E-state index in [0.29, 0.717) is 34.9 Å². The average Bonchev–Trinajstić information content (AvgIpc) is 2.99. The molecule has 0 aliphatic carbocycles. The first kappa shape index (κ1) is 32.2. The van der Waals surface area contributed by atoms with Gasteiger partial charge in [0.1, 0.15) is 0 Å². The first-order valence-corrected chi connectivity index (χ1v) is 13.2. The summed E-state index contributed by atoms with van der Waals surface area (Å²) >= 11 is 0. The second-order valence-corrected chi connectivity index (χ2v) is 8.79. The number of esters is 2. The van der Waals surface area contributed by atoms with Gasteiger partial charge in [0.15, 0.2) is 36.2 Å². The van der Waals surface area contributed by atoms with Crippen LogP contribution >= 0.6 is 0 Å². The van der Waals surface area contributed by atoms with Gasteiger partial charge in [0, 0.05) is 5.70 Å². The van der Waals surface area contributed by atoms with E-state index < -0.39 is 29.9 Å². The molecule has 2 aromatic rings. The van der Waals surface area contributed by atoms with Gasteiger partial charge in [-0.2, -0.15) is 5.10 Å². The number of methoxy groups -OCH3 is 2. The molecule has 1 aliphatic rings. The zero-order valence-corrected chi connectivity index (χ0v) is 24.5. The highest BCUT2D eigenvalue weighted by molar-refractivity contribution is 5.95. The van der Waals surface area contributed by atoms with Crippen LogP contribution in [0.15, 0.2) is 52.8 Å². The predicted octanol–water partition coefficient (Wildman–Crippen LogP) is 2.37. The van der Waals surface area contributed by atoms with Crippen molar-refractivity contribution in [1.82, 2.24) is 16.1 Å². The molecule has 0 spiro atoms. The topological polar surface area (TPSA) is 172 Å². The molecule has 1 atom stereocenters. The van der Waals surface area contributed by atoms with Gasteiger partial charge in [-0.25, -0.2) is 19.8 Å². The minimum absolute atomic E-state index is 0.173. The molecule has 3 rings (SSSR count). The summed E-state index contributed by atoms with van der Waals surface area (Å²) in [6, 6.07) is 8.47. The fourth-order valence-electron chi connectivity index (χ4n) is 3.95. The third-order valence-electron chi connectivity index (χ3n) is 5.89. The molecule has 14 nitrogen and oxygen atoms in total. The molecule has 0 bridgehead atoms. The van der Waals surface area contributed by atoms with Crippen LogP contribution in [0, 0.1) is 0 Å². The van der Waals surface area contributed by atoms with Gasteiger partial charge in [-0.1, -0.05) is 6.07 Å². The number of benzene rings is 2. The quantitative estimate of drug-likeness (QED) is 0.167. The van der Waals surface area contributed by atoms with Crippen molar-refractivity contribution in [3.05, 3.63) is 58.8 Å². The van der Waals surface area contributed by atoms with E-state index >= 15 is 0 Å². The minimum Gasteiger partial charge on any atom is -0.493 e. The van der Waals surface area contributed by atoms with Gasteiger partial charge in [0.05, 0.1) is 45.3 Å². The van der Waals surface area contributed by atoms with Crippen LogP contribution in [-0.4, -0.2) is 70.7 Å². The number of nitrogens with zero attached hydrogens (tertiary/aromatic N) is 1. The van der Waals surface area contributed by atoms with Crippen LogP contribution in [0.1, 0.15) is 37.9 Å². The van der Waals surface area contributed by atoms with Gasteiger partial charge >= 0.3 is 18.0 Å². The van der Waals surface area contributed by atoms with E-state index in [-0.39, 0.29) is 36.9 Å². The Morgan fingerprint density at radius 1 is 0.930 bits per heavy atom. The molecule has 0 saturated heterocycles. The summed E-state index contributed by atoms with van der Waals surface area (Å²) in [5, 5.41) is 9.24. The molecule has 1 aliphatic heterocycles. The van der Waals surface area contributed by atoms with E-state index in [9.17, 15) is 19.2 Å². The fourth-order valence-corrected chi connectivity index (χ4v) is 3.95. The lowest BCUT2D eigenvalue weighted by atomic mass is 9.95. The number of hydrogen-bond donors (Lipinski definition) is 3. The van der Waals surface area contributed by atoms with Crippen molar-refractivity contribution in [2.45, 2.75) is 26.8 Å². The van der Waals surface area contributed by atoms with Crippen LogP contribution in [0.2, 0.25) is 0 Å². The minimum atomic E-state index is -0.787. The smallest absolute Gasteiger partial charge is 0.343 e. The Kier molecular flexibility index (Phi) is 11.7. The van der Waals surface area contributed by atoms with E-state index in [4.69, 9.17) is 23.7 Å². The summed E-state index contributed by atoms with van der Waals surface area (Å²) in [7, 11) is 2.69. The lowest BCUT2D eigenvalue weighted by Crippen LogP contribution is -2.45. The van der Waals surface area contributed by atoms with Crippen molar-refractivity contribution in [2.24, 2.45) is 5.10 Å². The zero-order valence-electron chi connectivity index (χ0n) is 24.5. The Labute approximate surface area is 248 Å². The number of allylic oxidation sites excluding steroid dienone is 1. The van der Waals surface area contributed by atoms with Gasteiger partial charge < -0.3 is 39.1 Å². The summed E-state index contributed by atoms with van der Waals surface area (Å²) in [6.45, 7) is 4.99. The molecule has 0 aromatic heterocycles. The molecular formula is C29H34N4O10. The largest absolute Gasteiger partial charge is 0.493 e. The van der Waals surface area contributed by atoms with Crippen molar-refractivity contribution in [2.75, 3.05) is 40.6 Å². The number of carbonyl (C=O) groups is 4. The van der Waals surface area contributed by atoms with Crippen molar-refractivity contribution in [3.63, 3.8) is 0 Å². The molecule has 43 heavy (non-hydrogen) atoms. The van der Waals surface area contributed by atoms with Crippen LogP contribution in [0.4, 0.5) is 4.79 Å². The Morgan fingerprint density at radius 2 is 1.65 bits per heavy atom. The molecule has 1 heterocycles. The van der Waals surface area contributed by atoms with Gasteiger partial charge in [0.2, 0.25) is 0 Å². The number of urea groups is 1. The number of hydrazone groups is 1. The summed E-state index contributed by atoms with van der Waals surface area (Å²) < 4.78 is 31.8.